The Morgan fingerprint density at radius 1 is 1.00 bits per heavy atom. The molecule has 0 amide bonds. The number of allylic oxidation sites excluding steroid dienone is 2. The Bertz CT molecular complexity index is 1340. The van der Waals surface area contributed by atoms with E-state index in [0.29, 0.717) is 0 Å². The number of fused-ring (bicyclic) bond motifs is 1. The molecule has 1 fully saturated rings. The summed E-state index contributed by atoms with van der Waals surface area (Å²) < 4.78 is 12.9. The fourth-order valence-electron chi connectivity index (χ4n) is 6.98. The second-order valence-corrected chi connectivity index (χ2v) is 21.6. The van der Waals surface area contributed by atoms with Gasteiger partial charge in [0.25, 0.3) is 0 Å². The molecule has 1 aliphatic heterocycles. The largest absolute Gasteiger partial charge is 0.546 e. The maximum absolute atomic E-state index is 12.5. The lowest BCUT2D eigenvalue weighted by atomic mass is 9.71. The van der Waals surface area contributed by atoms with Crippen LogP contribution in [-0.2, 0) is 27.4 Å². The van der Waals surface area contributed by atoms with Crippen molar-refractivity contribution in [2.45, 2.75) is 142 Å². The lowest BCUT2D eigenvalue weighted by molar-refractivity contribution is 0.0834. The molecule has 5 rings (SSSR count). The molecule has 0 spiro atoms. The highest BCUT2D eigenvalue weighted by atomic mass is 28.4. The van der Waals surface area contributed by atoms with Crippen LogP contribution in [0.1, 0.15) is 145 Å². The average Bonchev–Trinajstić information content (AvgIpc) is 3.37. The summed E-state index contributed by atoms with van der Waals surface area (Å²) in [5.41, 5.74) is 8.66. The lowest BCUT2D eigenvalue weighted by Gasteiger charge is -2.40. The molecular weight excluding hydrogens is 547 g/mol. The van der Waals surface area contributed by atoms with Gasteiger partial charge in [-0.25, -0.2) is 0 Å². The zero-order valence-corrected chi connectivity index (χ0v) is 29.7. The Hall–Kier alpha value is -1.95. The third kappa shape index (κ3) is 6.70. The Labute approximate surface area is 262 Å². The number of rotatable bonds is 6. The molecule has 0 bridgehead atoms. The second kappa shape index (κ2) is 11.8. The lowest BCUT2D eigenvalue weighted by Crippen LogP contribution is -2.41. The summed E-state index contributed by atoms with van der Waals surface area (Å²) in [6.07, 6.45) is 8.69. The number of aliphatic hydroxyl groups is 1. The highest BCUT2D eigenvalue weighted by Crippen LogP contribution is 2.50. The number of aliphatic hydroxyl groups excluding tert-OH is 1. The molecular formula is C38H57NO3Si. The molecule has 0 unspecified atom stereocenters. The number of nitrogens with zero attached hydrogens (tertiary/aromatic N) is 1. The van der Waals surface area contributed by atoms with E-state index in [-0.39, 0.29) is 27.7 Å². The third-order valence-electron chi connectivity index (χ3n) is 10.8. The van der Waals surface area contributed by atoms with Gasteiger partial charge in [0.1, 0.15) is 6.10 Å². The van der Waals surface area contributed by atoms with Crippen molar-refractivity contribution in [3.05, 3.63) is 75.3 Å². The molecule has 2 aliphatic carbocycles. The summed E-state index contributed by atoms with van der Waals surface area (Å²) in [5, 5.41) is 12.6. The van der Waals surface area contributed by atoms with Crippen LogP contribution < -0.4 is 0 Å². The SMILES string of the molecule is CC1(C)CCc2c(nc(C3CCOCC3)c([C@H](O)c3ccc(C(C)(C)C)cc3)c2[C@@H]2CCC=C2O[Si](C)(C)C(C)(C)C)C1. The summed E-state index contributed by atoms with van der Waals surface area (Å²) >= 11 is 0. The van der Waals surface area contributed by atoms with Gasteiger partial charge in [0.2, 0.25) is 8.32 Å². The van der Waals surface area contributed by atoms with E-state index >= 15 is 0 Å². The van der Waals surface area contributed by atoms with Crippen LogP contribution in [0.15, 0.2) is 36.1 Å². The first-order valence-corrected chi connectivity index (χ1v) is 19.7. The predicted molar refractivity (Wildman–Crippen MR) is 180 cm³/mol. The van der Waals surface area contributed by atoms with E-state index in [0.717, 1.165) is 80.7 Å². The van der Waals surface area contributed by atoms with E-state index in [1.807, 2.05) is 0 Å². The Kier molecular flexibility index (Phi) is 8.87. The Morgan fingerprint density at radius 3 is 2.26 bits per heavy atom. The van der Waals surface area contributed by atoms with Crippen molar-refractivity contribution >= 4 is 8.32 Å². The van der Waals surface area contributed by atoms with Gasteiger partial charge >= 0.3 is 0 Å². The minimum absolute atomic E-state index is 0.0622. The van der Waals surface area contributed by atoms with Gasteiger partial charge in [-0.15, -0.1) is 0 Å². The zero-order valence-electron chi connectivity index (χ0n) is 28.7. The quantitative estimate of drug-likeness (QED) is 0.334. The molecule has 2 atom stereocenters. The van der Waals surface area contributed by atoms with Crippen molar-refractivity contribution in [3.63, 3.8) is 0 Å². The van der Waals surface area contributed by atoms with Gasteiger partial charge in [-0.2, -0.15) is 0 Å². The smallest absolute Gasteiger partial charge is 0.250 e. The molecule has 1 N–H and O–H groups in total. The standard InChI is InChI=1S/C38H57NO3Si/c1-36(2,3)27-16-14-26(15-17-27)35(40)33-32(29-12-11-13-31(29)42-43(9,10)37(4,5)6)28-18-21-38(7,8)24-30(28)39-34(33)25-19-22-41-23-20-25/h13-17,25,29,35,40H,11-12,18-24H2,1-10H3/t29-,35-/m1/s1. The van der Waals surface area contributed by atoms with Gasteiger partial charge in [-0.05, 0) is 102 Å². The van der Waals surface area contributed by atoms with E-state index in [1.165, 1.54) is 22.4 Å². The fraction of sp³-hybridized carbons (Fsp3) is 0.658. The summed E-state index contributed by atoms with van der Waals surface area (Å²) in [6, 6.07) is 8.68. The second-order valence-electron chi connectivity index (χ2n) is 16.9. The number of pyridine rings is 1. The van der Waals surface area contributed by atoms with E-state index in [1.54, 1.807) is 0 Å². The van der Waals surface area contributed by atoms with Crippen molar-refractivity contribution in [2.24, 2.45) is 5.41 Å². The van der Waals surface area contributed by atoms with Crippen LogP contribution in [0, 0.1) is 5.41 Å². The summed E-state index contributed by atoms with van der Waals surface area (Å²) in [5.74, 6) is 1.58. The fourth-order valence-corrected chi connectivity index (χ4v) is 8.10. The molecule has 1 saturated heterocycles. The van der Waals surface area contributed by atoms with Gasteiger partial charge < -0.3 is 14.3 Å². The monoisotopic (exact) mass is 603 g/mol. The molecule has 2 heterocycles. The number of benzene rings is 1. The molecule has 236 valence electrons. The van der Waals surface area contributed by atoms with Crippen LogP contribution in [0.3, 0.4) is 0 Å². The van der Waals surface area contributed by atoms with Crippen LogP contribution >= 0.6 is 0 Å². The van der Waals surface area contributed by atoms with Gasteiger partial charge in [0.05, 0.1) is 11.5 Å². The van der Waals surface area contributed by atoms with E-state index < -0.39 is 14.4 Å². The van der Waals surface area contributed by atoms with Gasteiger partial charge in [-0.3, -0.25) is 4.98 Å². The third-order valence-corrected chi connectivity index (χ3v) is 15.2. The molecule has 3 aliphatic rings. The maximum atomic E-state index is 12.5. The van der Waals surface area contributed by atoms with Crippen molar-refractivity contribution in [1.29, 1.82) is 0 Å². The number of aromatic nitrogens is 1. The molecule has 43 heavy (non-hydrogen) atoms. The Morgan fingerprint density at radius 2 is 1.65 bits per heavy atom. The normalized spacial score (nSPS) is 22.2. The first-order valence-electron chi connectivity index (χ1n) is 16.8. The van der Waals surface area contributed by atoms with Gasteiger partial charge in [0.15, 0.2) is 0 Å². The van der Waals surface area contributed by atoms with Crippen molar-refractivity contribution in [3.8, 4) is 0 Å². The van der Waals surface area contributed by atoms with Crippen LogP contribution in [0.2, 0.25) is 18.1 Å². The summed E-state index contributed by atoms with van der Waals surface area (Å²) in [6.45, 7) is 24.7. The molecule has 1 aromatic carbocycles. The van der Waals surface area contributed by atoms with Crippen LogP contribution in [0.25, 0.3) is 0 Å². The molecule has 2 aromatic rings. The molecule has 5 heteroatoms. The van der Waals surface area contributed by atoms with Crippen LogP contribution in [-0.4, -0.2) is 31.6 Å². The van der Waals surface area contributed by atoms with Crippen molar-refractivity contribution in [2.75, 3.05) is 13.2 Å². The first kappa shape index (κ1) is 32.4. The molecule has 4 nitrogen and oxygen atoms in total. The number of hydrogen-bond acceptors (Lipinski definition) is 4. The molecule has 0 radical (unpaired) electrons. The highest BCUT2D eigenvalue weighted by molar-refractivity contribution is 6.74. The topological polar surface area (TPSA) is 51.6 Å². The van der Waals surface area contributed by atoms with Gasteiger partial charge in [-0.1, -0.05) is 79.7 Å². The Balaban J connectivity index is 1.71. The van der Waals surface area contributed by atoms with Gasteiger partial charge in [0, 0.05) is 36.3 Å². The number of ether oxygens (including phenoxy) is 1. The molecule has 0 saturated carbocycles. The van der Waals surface area contributed by atoms with Crippen LogP contribution in [0.5, 0.6) is 0 Å². The zero-order chi connectivity index (χ0) is 31.4. The van der Waals surface area contributed by atoms with Crippen molar-refractivity contribution in [1.82, 2.24) is 4.98 Å². The first-order chi connectivity index (χ1) is 20.0. The van der Waals surface area contributed by atoms with E-state index in [2.05, 4.69) is 98.8 Å². The van der Waals surface area contributed by atoms with E-state index in [4.69, 9.17) is 14.1 Å². The number of hydrogen-bond donors (Lipinski definition) is 1. The summed E-state index contributed by atoms with van der Waals surface area (Å²) in [4.78, 5) is 5.54. The average molecular weight is 604 g/mol. The minimum atomic E-state index is -2.04. The van der Waals surface area contributed by atoms with E-state index in [9.17, 15) is 5.11 Å². The molecule has 1 aromatic heterocycles. The highest BCUT2D eigenvalue weighted by Gasteiger charge is 2.43. The maximum Gasteiger partial charge on any atom is 0.250 e. The van der Waals surface area contributed by atoms with Crippen molar-refractivity contribution < 1.29 is 14.3 Å². The summed E-state index contributed by atoms with van der Waals surface area (Å²) in [7, 11) is -2.04. The minimum Gasteiger partial charge on any atom is -0.546 e. The predicted octanol–water partition coefficient (Wildman–Crippen LogP) is 9.65. The van der Waals surface area contributed by atoms with Crippen LogP contribution in [0.4, 0.5) is 0 Å².